The van der Waals surface area contributed by atoms with Gasteiger partial charge in [0.15, 0.2) is 0 Å². The molecule has 1 aromatic heterocycles. The lowest BCUT2D eigenvalue weighted by Crippen LogP contribution is -2.61. The molecule has 0 amide bonds. The Kier molecular flexibility index (Phi) is 8.96. The largest absolute Gasteiger partial charge is 0.405 e. The predicted octanol–water partition coefficient (Wildman–Crippen LogP) is 4.48. The average Bonchev–Trinajstić information content (AvgIpc) is 2.98. The Hall–Kier alpha value is -3.66. The van der Waals surface area contributed by atoms with Crippen LogP contribution in [0.5, 0.6) is 0 Å². The number of halogens is 4. The van der Waals surface area contributed by atoms with Gasteiger partial charge in [-0.25, -0.2) is 4.98 Å². The van der Waals surface area contributed by atoms with Crippen molar-refractivity contribution >= 4 is 34.5 Å². The second kappa shape index (κ2) is 12.5. The molecule has 228 valence electrons. The van der Waals surface area contributed by atoms with Crippen LogP contribution in [-0.2, 0) is 6.54 Å². The summed E-state index contributed by atoms with van der Waals surface area (Å²) >= 11 is 6.62. The molecule has 2 saturated heterocycles. The van der Waals surface area contributed by atoms with Crippen molar-refractivity contribution in [3.05, 3.63) is 73.1 Å². The number of hydrogen-bond donors (Lipinski definition) is 2. The van der Waals surface area contributed by atoms with E-state index in [0.717, 1.165) is 45.6 Å². The molecule has 0 saturated carbocycles. The van der Waals surface area contributed by atoms with E-state index in [1.54, 1.807) is 6.07 Å². The fraction of sp³-hybridized carbons (Fsp3) is 0.467. The van der Waals surface area contributed by atoms with Gasteiger partial charge in [0.2, 0.25) is 0 Å². The van der Waals surface area contributed by atoms with Gasteiger partial charge in [0, 0.05) is 37.8 Å². The van der Waals surface area contributed by atoms with Crippen molar-refractivity contribution in [1.29, 1.82) is 5.26 Å². The van der Waals surface area contributed by atoms with E-state index in [0.29, 0.717) is 28.1 Å². The van der Waals surface area contributed by atoms with Crippen molar-refractivity contribution in [1.82, 2.24) is 14.8 Å². The Balaban J connectivity index is 1.17. The SMILES string of the molecule is C[C@@H]1CN(c2ncc(Nc3c(NCC(F)(F)F)c(=O)c3=O)cc2Cl)[C@@H](C)CN1C1CCN(Cc2ccc(C#N)cc2)CC1. The van der Waals surface area contributed by atoms with Crippen LogP contribution in [0.15, 0.2) is 46.1 Å². The minimum absolute atomic E-state index is 0.128. The molecule has 0 spiro atoms. The first kappa shape index (κ1) is 30.8. The highest BCUT2D eigenvalue weighted by molar-refractivity contribution is 6.33. The first-order valence-corrected chi connectivity index (χ1v) is 14.6. The monoisotopic (exact) mass is 615 g/mol. The van der Waals surface area contributed by atoms with Crippen LogP contribution in [-0.4, -0.2) is 71.8 Å². The molecule has 0 bridgehead atoms. The van der Waals surface area contributed by atoms with Gasteiger partial charge in [-0.1, -0.05) is 23.7 Å². The van der Waals surface area contributed by atoms with Crippen LogP contribution >= 0.6 is 11.6 Å². The van der Waals surface area contributed by atoms with Crippen LogP contribution in [0.2, 0.25) is 5.02 Å². The molecule has 2 fully saturated rings. The van der Waals surface area contributed by atoms with E-state index in [2.05, 4.69) is 44.9 Å². The standard InChI is InChI=1S/C30H33ClF3N7O2/c1-18-15-41(19(2)14-40(18)23-7-9-39(10-8-23)16-21-5-3-20(12-35)4-6-21)29-24(31)11-22(13-36-29)38-26-25(27(42)28(26)43)37-17-30(32,33)34/h3-6,11,13,18-19,23,37-38H,7-10,14-17H2,1-2H3/t18-,19+/m1/s1. The number of benzene rings is 1. The molecular weight excluding hydrogens is 583 g/mol. The Morgan fingerprint density at radius 2 is 1.72 bits per heavy atom. The predicted molar refractivity (Wildman–Crippen MR) is 161 cm³/mol. The Morgan fingerprint density at radius 1 is 1.05 bits per heavy atom. The van der Waals surface area contributed by atoms with Crippen molar-refractivity contribution < 1.29 is 13.2 Å². The number of nitrogens with one attached hydrogen (secondary N) is 2. The van der Waals surface area contributed by atoms with Gasteiger partial charge in [-0.05, 0) is 63.5 Å². The fourth-order valence-corrected chi connectivity index (χ4v) is 6.31. The number of nitrogens with zero attached hydrogens (tertiary/aromatic N) is 5. The van der Waals surface area contributed by atoms with E-state index in [-0.39, 0.29) is 17.8 Å². The molecule has 2 N–H and O–H groups in total. The zero-order valence-electron chi connectivity index (χ0n) is 23.9. The van der Waals surface area contributed by atoms with Crippen molar-refractivity contribution in [2.75, 3.05) is 48.3 Å². The molecule has 0 aliphatic carbocycles. The summed E-state index contributed by atoms with van der Waals surface area (Å²) in [6, 6.07) is 12.3. The number of pyridine rings is 1. The third-order valence-corrected chi connectivity index (χ3v) is 8.57. The van der Waals surface area contributed by atoms with E-state index in [9.17, 15) is 22.8 Å². The van der Waals surface area contributed by atoms with Gasteiger partial charge < -0.3 is 15.5 Å². The van der Waals surface area contributed by atoms with Gasteiger partial charge in [0.05, 0.1) is 28.5 Å². The topological polar surface area (TPSA) is 105 Å². The third kappa shape index (κ3) is 6.95. The molecule has 3 aromatic rings. The molecule has 43 heavy (non-hydrogen) atoms. The summed E-state index contributed by atoms with van der Waals surface area (Å²) in [5, 5.41) is 14.0. The van der Waals surface area contributed by atoms with Crippen molar-refractivity contribution in [2.45, 2.75) is 57.5 Å². The van der Waals surface area contributed by atoms with Crippen molar-refractivity contribution in [2.24, 2.45) is 0 Å². The van der Waals surface area contributed by atoms with Crippen LogP contribution in [0.4, 0.5) is 36.1 Å². The summed E-state index contributed by atoms with van der Waals surface area (Å²) in [4.78, 5) is 35.5. The minimum Gasteiger partial charge on any atom is -0.371 e. The van der Waals surface area contributed by atoms with E-state index < -0.39 is 29.3 Å². The highest BCUT2D eigenvalue weighted by atomic mass is 35.5. The van der Waals surface area contributed by atoms with Gasteiger partial charge in [-0.2, -0.15) is 18.4 Å². The van der Waals surface area contributed by atoms with Crippen LogP contribution in [0.25, 0.3) is 0 Å². The molecule has 2 aromatic carbocycles. The van der Waals surface area contributed by atoms with Gasteiger partial charge >= 0.3 is 6.18 Å². The zero-order valence-corrected chi connectivity index (χ0v) is 24.7. The lowest BCUT2D eigenvalue weighted by atomic mass is 9.97. The van der Waals surface area contributed by atoms with Crippen LogP contribution in [0.3, 0.4) is 0 Å². The smallest absolute Gasteiger partial charge is 0.371 e. The molecule has 9 nitrogen and oxygen atoms in total. The maximum Gasteiger partial charge on any atom is 0.405 e. The molecule has 0 unspecified atom stereocenters. The number of rotatable bonds is 8. The highest BCUT2D eigenvalue weighted by Crippen LogP contribution is 2.33. The van der Waals surface area contributed by atoms with E-state index in [1.807, 2.05) is 29.6 Å². The van der Waals surface area contributed by atoms with Gasteiger partial charge in [-0.15, -0.1) is 0 Å². The number of anilines is 4. The molecular formula is C30H33ClF3N7O2. The first-order valence-electron chi connectivity index (χ1n) is 14.2. The quantitative estimate of drug-likeness (QED) is 0.355. The summed E-state index contributed by atoms with van der Waals surface area (Å²) < 4.78 is 37.7. The maximum absolute atomic E-state index is 12.6. The summed E-state index contributed by atoms with van der Waals surface area (Å²) in [5.41, 5.74) is -0.364. The first-order chi connectivity index (χ1) is 20.4. The Morgan fingerprint density at radius 3 is 2.35 bits per heavy atom. The summed E-state index contributed by atoms with van der Waals surface area (Å²) in [5.74, 6) is 0.587. The third-order valence-electron chi connectivity index (χ3n) is 8.29. The number of likely N-dealkylation sites (tertiary alicyclic amines) is 1. The summed E-state index contributed by atoms with van der Waals surface area (Å²) in [7, 11) is 0. The van der Waals surface area contributed by atoms with E-state index in [4.69, 9.17) is 16.9 Å². The van der Waals surface area contributed by atoms with Crippen LogP contribution in [0, 0.1) is 11.3 Å². The van der Waals surface area contributed by atoms with Crippen LogP contribution in [0.1, 0.15) is 37.8 Å². The lowest BCUT2D eigenvalue weighted by molar-refractivity contribution is -0.115. The molecule has 5 rings (SSSR count). The van der Waals surface area contributed by atoms with Crippen molar-refractivity contribution in [3.8, 4) is 6.07 Å². The van der Waals surface area contributed by atoms with Crippen LogP contribution < -0.4 is 26.4 Å². The number of piperidine rings is 1. The van der Waals surface area contributed by atoms with Gasteiger partial charge in [0.25, 0.3) is 10.9 Å². The number of hydrogen-bond acceptors (Lipinski definition) is 9. The lowest BCUT2D eigenvalue weighted by Gasteiger charge is -2.49. The summed E-state index contributed by atoms with van der Waals surface area (Å²) in [6.07, 6.45) is -0.932. The minimum atomic E-state index is -4.54. The normalized spacial score (nSPS) is 20.7. The molecule has 2 atom stereocenters. The summed E-state index contributed by atoms with van der Waals surface area (Å²) in [6.45, 7) is 7.35. The van der Waals surface area contributed by atoms with Gasteiger partial charge in [-0.3, -0.25) is 19.4 Å². The van der Waals surface area contributed by atoms with E-state index in [1.165, 1.54) is 11.8 Å². The average molecular weight is 616 g/mol. The highest BCUT2D eigenvalue weighted by Gasteiger charge is 2.36. The molecule has 3 heterocycles. The van der Waals surface area contributed by atoms with Gasteiger partial charge in [0.1, 0.15) is 23.7 Å². The molecule has 13 heteroatoms. The second-order valence-corrected chi connectivity index (χ2v) is 11.8. The number of piperazine rings is 1. The molecule has 2 aliphatic heterocycles. The maximum atomic E-state index is 12.6. The molecule has 2 aliphatic rings. The van der Waals surface area contributed by atoms with E-state index >= 15 is 0 Å². The number of alkyl halides is 3. The number of aromatic nitrogens is 1. The second-order valence-electron chi connectivity index (χ2n) is 11.4. The van der Waals surface area contributed by atoms with Crippen molar-refractivity contribution in [3.63, 3.8) is 0 Å². The Labute approximate surface area is 252 Å². The fourth-order valence-electron chi connectivity index (χ4n) is 6.03. The zero-order chi connectivity index (χ0) is 30.9. The Bertz CT molecular complexity index is 1560. The molecule has 0 radical (unpaired) electrons. The number of nitriles is 1.